The van der Waals surface area contributed by atoms with Gasteiger partial charge in [0.05, 0.1) is 0 Å². The van der Waals surface area contributed by atoms with Crippen LogP contribution in [-0.4, -0.2) is 58.1 Å². The lowest BCUT2D eigenvalue weighted by Crippen LogP contribution is -2.39. The highest BCUT2D eigenvalue weighted by Gasteiger charge is 2.24. The summed E-state index contributed by atoms with van der Waals surface area (Å²) in [5.74, 6) is 1.15. The zero-order chi connectivity index (χ0) is 21.7. The van der Waals surface area contributed by atoms with Crippen LogP contribution < -0.4 is 5.32 Å². The summed E-state index contributed by atoms with van der Waals surface area (Å²) in [5.41, 5.74) is 0.463. The first-order chi connectivity index (χ1) is 14.2. The quantitative estimate of drug-likeness (QED) is 0.793. The van der Waals surface area contributed by atoms with Crippen molar-refractivity contribution in [2.24, 2.45) is 0 Å². The Bertz CT molecular complexity index is 893. The van der Waals surface area contributed by atoms with Crippen molar-refractivity contribution in [1.29, 1.82) is 0 Å². The third-order valence-electron chi connectivity index (χ3n) is 4.90. The maximum absolute atomic E-state index is 12.6. The summed E-state index contributed by atoms with van der Waals surface area (Å²) < 4.78 is 5.26. The predicted octanol–water partition coefficient (Wildman–Crippen LogP) is 3.72. The van der Waals surface area contributed by atoms with E-state index in [2.05, 4.69) is 15.5 Å². The Hall–Kier alpha value is -2.61. The number of nitrogens with zero attached hydrogens (tertiary/aromatic N) is 4. The van der Waals surface area contributed by atoms with Gasteiger partial charge in [0.25, 0.3) is 0 Å². The molecule has 2 heterocycles. The Labute approximate surface area is 181 Å². The van der Waals surface area contributed by atoms with E-state index in [1.54, 1.807) is 34.1 Å². The molecule has 0 spiro atoms. The lowest BCUT2D eigenvalue weighted by molar-refractivity contribution is -0.131. The number of nitrogens with one attached hydrogen (secondary N) is 1. The van der Waals surface area contributed by atoms with Gasteiger partial charge in [0.15, 0.2) is 5.82 Å². The van der Waals surface area contributed by atoms with Gasteiger partial charge < -0.3 is 19.6 Å². The zero-order valence-electron chi connectivity index (χ0n) is 17.7. The standard InChI is InChI=1S/C21H28ClN5O3/c1-21(2,3)19-24-17(30-25-19)8-9-18(28)26-10-5-11-27(13-12-26)20(29)23-16-7-4-6-15(22)14-16/h4,6-7,14H,5,8-13H2,1-3H3,(H,23,29). The number of halogens is 1. The summed E-state index contributed by atoms with van der Waals surface area (Å²) in [6.07, 6.45) is 1.45. The SMILES string of the molecule is CC(C)(C)c1noc(CCC(=O)N2CCCN(C(=O)Nc3cccc(Cl)c3)CC2)n1. The Kier molecular flexibility index (Phi) is 6.97. The Balaban J connectivity index is 1.48. The number of carbonyl (C=O) groups excluding carboxylic acids is 2. The van der Waals surface area contributed by atoms with Crippen LogP contribution in [0.1, 0.15) is 45.3 Å². The molecule has 1 N–H and O–H groups in total. The van der Waals surface area contributed by atoms with Gasteiger partial charge in [-0.15, -0.1) is 0 Å². The number of benzene rings is 1. The van der Waals surface area contributed by atoms with Crippen molar-refractivity contribution < 1.29 is 14.1 Å². The predicted molar refractivity (Wildman–Crippen MR) is 115 cm³/mol. The largest absolute Gasteiger partial charge is 0.341 e. The molecule has 162 valence electrons. The van der Waals surface area contributed by atoms with Crippen LogP contribution in [0.4, 0.5) is 10.5 Å². The molecule has 9 heteroatoms. The number of carbonyl (C=O) groups is 2. The summed E-state index contributed by atoms with van der Waals surface area (Å²) in [6, 6.07) is 6.85. The van der Waals surface area contributed by atoms with E-state index in [-0.39, 0.29) is 17.4 Å². The molecule has 1 fully saturated rings. The number of hydrogen-bond acceptors (Lipinski definition) is 5. The van der Waals surface area contributed by atoms with Crippen LogP contribution in [0.3, 0.4) is 0 Å². The van der Waals surface area contributed by atoms with Crippen LogP contribution in [0, 0.1) is 0 Å². The van der Waals surface area contributed by atoms with Gasteiger partial charge in [0.2, 0.25) is 11.8 Å². The lowest BCUT2D eigenvalue weighted by atomic mass is 9.96. The topological polar surface area (TPSA) is 91.6 Å². The number of hydrogen-bond donors (Lipinski definition) is 1. The normalized spacial score (nSPS) is 15.1. The van der Waals surface area contributed by atoms with E-state index in [4.69, 9.17) is 16.1 Å². The van der Waals surface area contributed by atoms with Crippen molar-refractivity contribution in [3.63, 3.8) is 0 Å². The van der Waals surface area contributed by atoms with Crippen LogP contribution in [0.5, 0.6) is 0 Å². The minimum absolute atomic E-state index is 0.0302. The van der Waals surface area contributed by atoms with Gasteiger partial charge in [-0.2, -0.15) is 4.98 Å². The maximum Gasteiger partial charge on any atom is 0.321 e. The summed E-state index contributed by atoms with van der Waals surface area (Å²) in [5, 5.41) is 7.41. The molecule has 0 aliphatic carbocycles. The van der Waals surface area contributed by atoms with Gasteiger partial charge >= 0.3 is 6.03 Å². The van der Waals surface area contributed by atoms with Gasteiger partial charge in [-0.3, -0.25) is 4.79 Å². The summed E-state index contributed by atoms with van der Waals surface area (Å²) in [7, 11) is 0. The molecule has 0 radical (unpaired) electrons. The van der Waals surface area contributed by atoms with Gasteiger partial charge in [-0.25, -0.2) is 4.79 Å². The molecule has 1 saturated heterocycles. The van der Waals surface area contributed by atoms with Gasteiger partial charge in [-0.1, -0.05) is 43.6 Å². The zero-order valence-corrected chi connectivity index (χ0v) is 18.4. The van der Waals surface area contributed by atoms with Crippen LogP contribution in [0.15, 0.2) is 28.8 Å². The number of aromatic nitrogens is 2. The summed E-state index contributed by atoms with van der Waals surface area (Å²) >= 11 is 5.97. The molecule has 8 nitrogen and oxygen atoms in total. The molecule has 1 aliphatic heterocycles. The highest BCUT2D eigenvalue weighted by Crippen LogP contribution is 2.19. The highest BCUT2D eigenvalue weighted by atomic mass is 35.5. The van der Waals surface area contributed by atoms with Crippen molar-refractivity contribution in [2.75, 3.05) is 31.5 Å². The smallest absolute Gasteiger partial charge is 0.321 e. The molecule has 3 rings (SSSR count). The minimum Gasteiger partial charge on any atom is -0.341 e. The molecule has 0 bridgehead atoms. The van der Waals surface area contributed by atoms with Crippen LogP contribution >= 0.6 is 11.6 Å². The summed E-state index contributed by atoms with van der Waals surface area (Å²) in [6.45, 7) is 8.23. The molecule has 30 heavy (non-hydrogen) atoms. The number of aryl methyl sites for hydroxylation is 1. The molecule has 3 amide bonds. The van der Waals surface area contributed by atoms with Gasteiger partial charge in [0.1, 0.15) is 0 Å². The fourth-order valence-corrected chi connectivity index (χ4v) is 3.36. The van der Waals surface area contributed by atoms with Crippen molar-refractivity contribution in [3.8, 4) is 0 Å². The van der Waals surface area contributed by atoms with Crippen LogP contribution in [0.25, 0.3) is 0 Å². The van der Waals surface area contributed by atoms with Crippen molar-refractivity contribution in [3.05, 3.63) is 41.0 Å². The minimum atomic E-state index is -0.189. The molecule has 0 unspecified atom stereocenters. The van der Waals surface area contributed by atoms with Crippen molar-refractivity contribution in [2.45, 2.75) is 45.4 Å². The first kappa shape index (κ1) is 22.1. The molecule has 0 atom stereocenters. The lowest BCUT2D eigenvalue weighted by Gasteiger charge is -2.22. The van der Waals surface area contributed by atoms with E-state index >= 15 is 0 Å². The second kappa shape index (κ2) is 9.47. The van der Waals surface area contributed by atoms with E-state index in [1.807, 2.05) is 20.8 Å². The molecule has 2 aromatic rings. The molecule has 1 aromatic heterocycles. The first-order valence-corrected chi connectivity index (χ1v) is 10.5. The fourth-order valence-electron chi connectivity index (χ4n) is 3.17. The third-order valence-corrected chi connectivity index (χ3v) is 5.14. The second-order valence-electron chi connectivity index (χ2n) is 8.42. The van der Waals surface area contributed by atoms with Crippen LogP contribution in [-0.2, 0) is 16.6 Å². The molecule has 1 aliphatic rings. The van der Waals surface area contributed by atoms with E-state index < -0.39 is 0 Å². The van der Waals surface area contributed by atoms with Crippen molar-refractivity contribution in [1.82, 2.24) is 19.9 Å². The highest BCUT2D eigenvalue weighted by molar-refractivity contribution is 6.30. The first-order valence-electron chi connectivity index (χ1n) is 10.1. The Morgan fingerprint density at radius 2 is 1.90 bits per heavy atom. The Morgan fingerprint density at radius 1 is 1.17 bits per heavy atom. The number of anilines is 1. The maximum atomic E-state index is 12.6. The summed E-state index contributed by atoms with van der Waals surface area (Å²) in [4.78, 5) is 33.1. The molecular weight excluding hydrogens is 406 g/mol. The fraction of sp³-hybridized carbons (Fsp3) is 0.524. The van der Waals surface area contributed by atoms with E-state index in [1.165, 1.54) is 0 Å². The van der Waals surface area contributed by atoms with Crippen molar-refractivity contribution >= 4 is 29.2 Å². The van der Waals surface area contributed by atoms with E-state index in [9.17, 15) is 9.59 Å². The average Bonchev–Trinajstić information content (AvgIpc) is 3.03. The second-order valence-corrected chi connectivity index (χ2v) is 8.86. The molecular formula is C21H28ClN5O3. The number of amides is 3. The number of rotatable bonds is 4. The van der Waals surface area contributed by atoms with Gasteiger partial charge in [0, 0.05) is 55.1 Å². The number of urea groups is 1. The molecule has 0 saturated carbocycles. The van der Waals surface area contributed by atoms with E-state index in [0.29, 0.717) is 61.4 Å². The van der Waals surface area contributed by atoms with E-state index in [0.717, 1.165) is 6.42 Å². The monoisotopic (exact) mass is 433 g/mol. The van der Waals surface area contributed by atoms with Crippen LogP contribution in [0.2, 0.25) is 5.02 Å². The molecule has 1 aromatic carbocycles. The Morgan fingerprint density at radius 3 is 2.60 bits per heavy atom. The van der Waals surface area contributed by atoms with Gasteiger partial charge in [-0.05, 0) is 24.6 Å². The third kappa shape index (κ3) is 5.95. The average molecular weight is 434 g/mol.